The second-order valence-corrected chi connectivity index (χ2v) is 10.1. The number of esters is 1. The summed E-state index contributed by atoms with van der Waals surface area (Å²) in [4.78, 5) is 13.0. The summed E-state index contributed by atoms with van der Waals surface area (Å²) in [5.41, 5.74) is 2.12. The molecular weight excluding hydrogens is 398 g/mol. The summed E-state index contributed by atoms with van der Waals surface area (Å²) in [6.07, 6.45) is 4.67. The Balaban J connectivity index is 1.97. The maximum Gasteiger partial charge on any atom is 0.310 e. The van der Waals surface area contributed by atoms with Gasteiger partial charge in [0.2, 0.25) is 0 Å². The van der Waals surface area contributed by atoms with Crippen molar-refractivity contribution >= 4 is 21.7 Å². The fourth-order valence-electron chi connectivity index (χ4n) is 5.34. The van der Waals surface area contributed by atoms with Crippen molar-refractivity contribution < 1.29 is 17.9 Å². The fraction of sp³-hybridized carbons (Fsp3) is 0.375. The highest BCUT2D eigenvalue weighted by atomic mass is 32.2. The third-order valence-corrected chi connectivity index (χ3v) is 8.42. The number of hydrogen-bond acceptors (Lipinski definition) is 4. The Morgan fingerprint density at radius 1 is 1.23 bits per heavy atom. The highest BCUT2D eigenvalue weighted by molar-refractivity contribution is 7.92. The summed E-state index contributed by atoms with van der Waals surface area (Å²) >= 11 is 0. The van der Waals surface area contributed by atoms with Crippen LogP contribution in [-0.2, 0) is 25.0 Å². The summed E-state index contributed by atoms with van der Waals surface area (Å²) in [5, 5.41) is 0. The van der Waals surface area contributed by atoms with Crippen molar-refractivity contribution in [2.75, 3.05) is 11.4 Å². The van der Waals surface area contributed by atoms with Crippen LogP contribution in [0.5, 0.6) is 0 Å². The van der Waals surface area contributed by atoms with Crippen LogP contribution < -0.4 is 4.31 Å². The van der Waals surface area contributed by atoms with Crippen molar-refractivity contribution in [1.29, 1.82) is 0 Å². The number of carbonyl (C=O) groups excluding carboxylic acids is 1. The zero-order valence-corrected chi connectivity index (χ0v) is 18.2. The molecule has 1 aliphatic heterocycles. The molecule has 0 aromatic heterocycles. The lowest BCUT2D eigenvalue weighted by molar-refractivity contribution is -0.148. The first-order valence-corrected chi connectivity index (χ1v) is 11.7. The predicted octanol–water partition coefficient (Wildman–Crippen LogP) is 4.36. The van der Waals surface area contributed by atoms with Crippen LogP contribution in [-0.4, -0.2) is 27.5 Å². The monoisotopic (exact) mass is 425 g/mol. The maximum atomic E-state index is 13.9. The van der Waals surface area contributed by atoms with E-state index in [1.165, 1.54) is 11.4 Å². The van der Waals surface area contributed by atoms with Crippen molar-refractivity contribution in [2.24, 2.45) is 5.92 Å². The van der Waals surface area contributed by atoms with E-state index < -0.39 is 27.4 Å². The summed E-state index contributed by atoms with van der Waals surface area (Å²) in [7, 11) is -2.51. The standard InChI is InChI=1S/C24H27NO4S/c1-4-15-24-16-7-8-19(23(26)29-3)22(24)25(21-10-6-5-9-20(21)24)30(27,28)18-13-11-17(2)12-14-18/h4-6,9-14,19,22H,1,7-8,15-16H2,2-3H3/t19-,22+,24+/m1/s1. The van der Waals surface area contributed by atoms with Gasteiger partial charge in [0.05, 0.1) is 29.7 Å². The zero-order valence-electron chi connectivity index (χ0n) is 17.4. The van der Waals surface area contributed by atoms with Gasteiger partial charge in [0.1, 0.15) is 0 Å². The molecule has 6 heteroatoms. The van der Waals surface area contributed by atoms with E-state index in [9.17, 15) is 13.2 Å². The number of allylic oxidation sites excluding steroid dienone is 1. The van der Waals surface area contributed by atoms with Gasteiger partial charge in [0.25, 0.3) is 10.0 Å². The Hall–Kier alpha value is -2.60. The quantitative estimate of drug-likeness (QED) is 0.527. The van der Waals surface area contributed by atoms with Gasteiger partial charge in [-0.3, -0.25) is 9.10 Å². The number of nitrogens with zero attached hydrogens (tertiary/aromatic N) is 1. The number of rotatable bonds is 5. The van der Waals surface area contributed by atoms with Crippen LogP contribution in [0.25, 0.3) is 0 Å². The lowest BCUT2D eigenvalue weighted by Crippen LogP contribution is -2.56. The minimum absolute atomic E-state index is 0.228. The van der Waals surface area contributed by atoms with Gasteiger partial charge in [-0.1, -0.05) is 48.4 Å². The molecule has 158 valence electrons. The Bertz CT molecular complexity index is 1080. The van der Waals surface area contributed by atoms with Gasteiger partial charge in [-0.05, 0) is 49.9 Å². The second kappa shape index (κ2) is 7.58. The molecule has 2 aromatic rings. The summed E-state index contributed by atoms with van der Waals surface area (Å²) in [6, 6.07) is 13.9. The average molecular weight is 426 g/mol. The lowest BCUT2D eigenvalue weighted by Gasteiger charge is -2.45. The number of methoxy groups -OCH3 is 1. The topological polar surface area (TPSA) is 63.7 Å². The maximum absolute atomic E-state index is 13.9. The van der Waals surface area contributed by atoms with Crippen molar-refractivity contribution in [1.82, 2.24) is 0 Å². The largest absolute Gasteiger partial charge is 0.469 e. The van der Waals surface area contributed by atoms with Gasteiger partial charge < -0.3 is 4.74 Å². The predicted molar refractivity (Wildman–Crippen MR) is 117 cm³/mol. The normalized spacial score (nSPS) is 25.3. The Labute approximate surface area is 178 Å². The van der Waals surface area contributed by atoms with Crippen molar-refractivity contribution in [2.45, 2.75) is 49.0 Å². The molecular formula is C24H27NO4S. The van der Waals surface area contributed by atoms with Crippen molar-refractivity contribution in [3.8, 4) is 0 Å². The van der Waals surface area contributed by atoms with E-state index in [-0.39, 0.29) is 10.9 Å². The Morgan fingerprint density at radius 2 is 1.93 bits per heavy atom. The summed E-state index contributed by atoms with van der Waals surface area (Å²) in [5.74, 6) is -0.888. The molecule has 0 N–H and O–H groups in total. The van der Waals surface area contributed by atoms with Crippen LogP contribution in [0.1, 0.15) is 36.8 Å². The molecule has 1 heterocycles. The molecule has 2 aromatic carbocycles. The molecule has 1 aliphatic carbocycles. The third-order valence-electron chi connectivity index (χ3n) is 6.61. The number of anilines is 1. The van der Waals surface area contributed by atoms with Gasteiger partial charge in [-0.15, -0.1) is 6.58 Å². The molecule has 0 radical (unpaired) electrons. The smallest absolute Gasteiger partial charge is 0.310 e. The number of fused-ring (bicyclic) bond motifs is 3. The number of aryl methyl sites for hydroxylation is 1. The highest BCUT2D eigenvalue weighted by Gasteiger charge is 2.59. The van der Waals surface area contributed by atoms with Gasteiger partial charge in [-0.25, -0.2) is 8.42 Å². The minimum Gasteiger partial charge on any atom is -0.469 e. The number of carbonyl (C=O) groups is 1. The molecule has 0 unspecified atom stereocenters. The first-order valence-electron chi connectivity index (χ1n) is 10.3. The molecule has 2 aliphatic rings. The van der Waals surface area contributed by atoms with E-state index >= 15 is 0 Å². The number of benzene rings is 2. The summed E-state index contributed by atoms with van der Waals surface area (Å²) < 4.78 is 34.4. The van der Waals surface area contributed by atoms with Crippen molar-refractivity contribution in [3.63, 3.8) is 0 Å². The van der Waals surface area contributed by atoms with E-state index in [1.807, 2.05) is 37.3 Å². The molecule has 1 fully saturated rings. The van der Waals surface area contributed by atoms with Crippen LogP contribution in [0.4, 0.5) is 5.69 Å². The number of para-hydroxylation sites is 1. The average Bonchev–Trinajstić information content (AvgIpc) is 3.05. The number of sulfonamides is 1. The van der Waals surface area contributed by atoms with E-state index in [0.29, 0.717) is 18.5 Å². The Morgan fingerprint density at radius 3 is 2.60 bits per heavy atom. The zero-order chi connectivity index (χ0) is 21.5. The van der Waals surface area contributed by atoms with E-state index in [0.717, 1.165) is 24.0 Å². The molecule has 30 heavy (non-hydrogen) atoms. The summed E-state index contributed by atoms with van der Waals surface area (Å²) in [6.45, 7) is 5.87. The lowest BCUT2D eigenvalue weighted by atomic mass is 9.62. The SMILES string of the molecule is C=CC[C@@]12CCC[C@@H](C(=O)OC)[C@@H]1N(S(=O)(=O)c1ccc(C)cc1)c1ccccc12. The van der Waals surface area contributed by atoms with Crippen LogP contribution in [0.2, 0.25) is 0 Å². The molecule has 0 amide bonds. The van der Waals surface area contributed by atoms with Crippen LogP contribution in [0.15, 0.2) is 66.1 Å². The van der Waals surface area contributed by atoms with Gasteiger partial charge >= 0.3 is 5.97 Å². The first kappa shape index (κ1) is 20.7. The molecule has 4 rings (SSSR count). The van der Waals surface area contributed by atoms with Crippen LogP contribution >= 0.6 is 0 Å². The minimum atomic E-state index is -3.88. The van der Waals surface area contributed by atoms with E-state index in [1.54, 1.807) is 24.3 Å². The third kappa shape index (κ3) is 2.97. The van der Waals surface area contributed by atoms with E-state index in [2.05, 4.69) is 6.58 Å². The second-order valence-electron chi connectivity index (χ2n) is 8.25. The van der Waals surface area contributed by atoms with Gasteiger partial charge in [0.15, 0.2) is 0 Å². The number of hydrogen-bond donors (Lipinski definition) is 0. The van der Waals surface area contributed by atoms with Crippen molar-refractivity contribution in [3.05, 3.63) is 72.3 Å². The Kier molecular flexibility index (Phi) is 5.22. The van der Waals surface area contributed by atoms with Crippen LogP contribution in [0.3, 0.4) is 0 Å². The van der Waals surface area contributed by atoms with Crippen LogP contribution in [0, 0.1) is 12.8 Å². The van der Waals surface area contributed by atoms with Gasteiger partial charge in [-0.2, -0.15) is 0 Å². The molecule has 3 atom stereocenters. The van der Waals surface area contributed by atoms with Gasteiger partial charge in [0, 0.05) is 5.41 Å². The molecule has 1 saturated carbocycles. The molecule has 5 nitrogen and oxygen atoms in total. The highest BCUT2D eigenvalue weighted by Crippen LogP contribution is 2.57. The molecule has 0 saturated heterocycles. The first-order chi connectivity index (χ1) is 14.4. The molecule has 0 bridgehead atoms. The number of ether oxygens (including phenoxy) is 1. The van der Waals surface area contributed by atoms with E-state index in [4.69, 9.17) is 4.74 Å². The molecule has 0 spiro atoms. The fourth-order valence-corrected chi connectivity index (χ4v) is 7.11.